The zero-order valence-corrected chi connectivity index (χ0v) is 15.4. The van der Waals surface area contributed by atoms with Gasteiger partial charge >= 0.3 is 0 Å². The van der Waals surface area contributed by atoms with Gasteiger partial charge in [0.05, 0.1) is 25.3 Å². The Morgan fingerprint density at radius 2 is 1.81 bits per heavy atom. The molecule has 27 heavy (non-hydrogen) atoms. The maximum absolute atomic E-state index is 13.0. The van der Waals surface area contributed by atoms with Crippen LogP contribution in [0.15, 0.2) is 48.8 Å². The Labute approximate surface area is 158 Å². The van der Waals surface area contributed by atoms with Crippen LogP contribution in [0, 0.1) is 0 Å². The number of imide groups is 1. The highest BCUT2D eigenvalue weighted by molar-refractivity contribution is 6.22. The van der Waals surface area contributed by atoms with Crippen LogP contribution in [0.25, 0.3) is 0 Å². The van der Waals surface area contributed by atoms with Gasteiger partial charge in [-0.25, -0.2) is 4.90 Å². The Balaban J connectivity index is 1.45. The van der Waals surface area contributed by atoms with E-state index < -0.39 is 0 Å². The number of piperidine rings is 1. The molecule has 0 N–H and O–H groups in total. The predicted molar refractivity (Wildman–Crippen MR) is 102 cm³/mol. The van der Waals surface area contributed by atoms with E-state index in [1.54, 1.807) is 31.4 Å². The van der Waals surface area contributed by atoms with E-state index in [-0.39, 0.29) is 24.3 Å². The first-order chi connectivity index (χ1) is 13.2. The molecule has 2 fully saturated rings. The van der Waals surface area contributed by atoms with Crippen molar-refractivity contribution in [3.8, 4) is 5.75 Å². The van der Waals surface area contributed by atoms with Crippen molar-refractivity contribution in [3.63, 3.8) is 0 Å². The number of amides is 2. The summed E-state index contributed by atoms with van der Waals surface area (Å²) in [6.45, 7) is 1.64. The van der Waals surface area contributed by atoms with Gasteiger partial charge in [-0.1, -0.05) is 6.07 Å². The molecule has 4 rings (SSSR count). The highest BCUT2D eigenvalue weighted by Crippen LogP contribution is 2.33. The Bertz CT molecular complexity index is 832. The minimum absolute atomic E-state index is 0.129. The SMILES string of the molecule is COc1cccc(N2C(=O)C[C@@H](N3CCC(c4ccncc4)CC3)C2=O)c1. The molecule has 1 atom stereocenters. The number of anilines is 1. The van der Waals surface area contributed by atoms with E-state index in [1.165, 1.54) is 10.5 Å². The number of rotatable bonds is 4. The van der Waals surface area contributed by atoms with Crippen LogP contribution in [0.1, 0.15) is 30.7 Å². The summed E-state index contributed by atoms with van der Waals surface area (Å²) in [5.74, 6) is 0.853. The number of aromatic nitrogens is 1. The van der Waals surface area contributed by atoms with Crippen LogP contribution in [0.4, 0.5) is 5.69 Å². The third-order valence-corrected chi connectivity index (χ3v) is 5.58. The summed E-state index contributed by atoms with van der Waals surface area (Å²) in [6.07, 6.45) is 5.87. The molecule has 6 nitrogen and oxygen atoms in total. The molecule has 2 aromatic rings. The number of ether oxygens (including phenoxy) is 1. The number of carbonyl (C=O) groups is 2. The molecular weight excluding hydrogens is 342 g/mol. The van der Waals surface area contributed by atoms with E-state index in [2.05, 4.69) is 22.0 Å². The minimum atomic E-state index is -0.359. The highest BCUT2D eigenvalue weighted by atomic mass is 16.5. The van der Waals surface area contributed by atoms with Crippen molar-refractivity contribution in [1.29, 1.82) is 0 Å². The average Bonchev–Trinajstić information content (AvgIpc) is 3.03. The van der Waals surface area contributed by atoms with Crippen molar-refractivity contribution in [2.75, 3.05) is 25.1 Å². The highest BCUT2D eigenvalue weighted by Gasteiger charge is 2.43. The molecule has 1 aromatic carbocycles. The summed E-state index contributed by atoms with van der Waals surface area (Å²) in [4.78, 5) is 33.1. The first-order valence-electron chi connectivity index (χ1n) is 9.32. The number of hydrogen-bond donors (Lipinski definition) is 0. The average molecular weight is 365 g/mol. The van der Waals surface area contributed by atoms with E-state index in [4.69, 9.17) is 4.74 Å². The number of hydrogen-bond acceptors (Lipinski definition) is 5. The van der Waals surface area contributed by atoms with E-state index >= 15 is 0 Å². The summed E-state index contributed by atoms with van der Waals surface area (Å²) in [7, 11) is 1.57. The molecule has 140 valence electrons. The number of benzene rings is 1. The van der Waals surface area contributed by atoms with Gasteiger partial charge in [-0.15, -0.1) is 0 Å². The maximum Gasteiger partial charge on any atom is 0.251 e. The smallest absolute Gasteiger partial charge is 0.251 e. The third kappa shape index (κ3) is 3.45. The van der Waals surface area contributed by atoms with Crippen molar-refractivity contribution in [2.45, 2.75) is 31.2 Å². The van der Waals surface area contributed by atoms with Gasteiger partial charge in [-0.05, 0) is 61.7 Å². The fraction of sp³-hybridized carbons (Fsp3) is 0.381. The van der Waals surface area contributed by atoms with Gasteiger partial charge < -0.3 is 4.74 Å². The van der Waals surface area contributed by atoms with Gasteiger partial charge in [0.25, 0.3) is 5.91 Å². The lowest BCUT2D eigenvalue weighted by Gasteiger charge is -2.34. The first-order valence-corrected chi connectivity index (χ1v) is 9.32. The monoisotopic (exact) mass is 365 g/mol. The van der Waals surface area contributed by atoms with Crippen LogP contribution in [-0.4, -0.2) is 47.9 Å². The van der Waals surface area contributed by atoms with Crippen molar-refractivity contribution < 1.29 is 14.3 Å². The molecule has 0 spiro atoms. The van der Waals surface area contributed by atoms with E-state index in [0.29, 0.717) is 17.4 Å². The summed E-state index contributed by atoms with van der Waals surface area (Å²) in [6, 6.07) is 10.9. The Hall–Kier alpha value is -2.73. The van der Waals surface area contributed by atoms with Crippen molar-refractivity contribution >= 4 is 17.5 Å². The van der Waals surface area contributed by atoms with Crippen LogP contribution in [0.2, 0.25) is 0 Å². The molecule has 2 saturated heterocycles. The Morgan fingerprint density at radius 1 is 1.07 bits per heavy atom. The molecule has 1 aromatic heterocycles. The van der Waals surface area contributed by atoms with Crippen molar-refractivity contribution in [1.82, 2.24) is 9.88 Å². The normalized spacial score (nSPS) is 21.7. The maximum atomic E-state index is 13.0. The van der Waals surface area contributed by atoms with Gasteiger partial charge in [0.1, 0.15) is 5.75 Å². The number of likely N-dealkylation sites (tertiary alicyclic amines) is 1. The zero-order valence-electron chi connectivity index (χ0n) is 15.4. The van der Waals surface area contributed by atoms with Gasteiger partial charge in [-0.2, -0.15) is 0 Å². The lowest BCUT2D eigenvalue weighted by atomic mass is 9.89. The van der Waals surface area contributed by atoms with Crippen molar-refractivity contribution in [2.24, 2.45) is 0 Å². The summed E-state index contributed by atoms with van der Waals surface area (Å²) in [5.41, 5.74) is 1.88. The van der Waals surface area contributed by atoms with Crippen molar-refractivity contribution in [3.05, 3.63) is 54.4 Å². The van der Waals surface area contributed by atoms with E-state index in [0.717, 1.165) is 25.9 Å². The molecule has 0 aliphatic carbocycles. The van der Waals surface area contributed by atoms with Gasteiger partial charge in [0, 0.05) is 18.5 Å². The first kappa shape index (κ1) is 17.7. The lowest BCUT2D eigenvalue weighted by molar-refractivity contribution is -0.123. The molecule has 3 heterocycles. The molecular formula is C21H23N3O3. The fourth-order valence-electron chi connectivity index (χ4n) is 4.10. The van der Waals surface area contributed by atoms with Crippen LogP contribution in [-0.2, 0) is 9.59 Å². The van der Waals surface area contributed by atoms with Crippen LogP contribution in [0.3, 0.4) is 0 Å². The summed E-state index contributed by atoms with van der Waals surface area (Å²) >= 11 is 0. The molecule has 2 aliphatic heterocycles. The van der Waals surface area contributed by atoms with E-state index in [9.17, 15) is 9.59 Å². The molecule has 2 aliphatic rings. The molecule has 2 amide bonds. The van der Waals surface area contributed by atoms with E-state index in [1.807, 2.05) is 12.4 Å². The standard InChI is InChI=1S/C21H23N3O3/c1-27-18-4-2-3-17(13-18)24-20(25)14-19(21(24)26)23-11-7-16(8-12-23)15-5-9-22-10-6-15/h2-6,9-10,13,16,19H,7-8,11-12,14H2,1H3/t19-/m1/s1. The number of nitrogens with zero attached hydrogens (tertiary/aromatic N) is 3. The second-order valence-electron chi connectivity index (χ2n) is 7.08. The number of carbonyl (C=O) groups excluding carboxylic acids is 2. The number of methoxy groups -OCH3 is 1. The van der Waals surface area contributed by atoms with Crippen LogP contribution in [0.5, 0.6) is 5.75 Å². The van der Waals surface area contributed by atoms with Crippen LogP contribution < -0.4 is 9.64 Å². The Morgan fingerprint density at radius 3 is 2.52 bits per heavy atom. The number of pyridine rings is 1. The molecule has 0 saturated carbocycles. The topological polar surface area (TPSA) is 62.7 Å². The second kappa shape index (κ2) is 7.48. The zero-order chi connectivity index (χ0) is 18.8. The fourth-order valence-corrected chi connectivity index (χ4v) is 4.10. The minimum Gasteiger partial charge on any atom is -0.497 e. The largest absolute Gasteiger partial charge is 0.497 e. The van der Waals surface area contributed by atoms with Gasteiger partial charge in [0.15, 0.2) is 0 Å². The molecule has 6 heteroatoms. The van der Waals surface area contributed by atoms with Gasteiger partial charge in [0.2, 0.25) is 5.91 Å². The summed E-state index contributed by atoms with van der Waals surface area (Å²) in [5, 5.41) is 0. The van der Waals surface area contributed by atoms with Gasteiger partial charge in [-0.3, -0.25) is 19.5 Å². The van der Waals surface area contributed by atoms with Crippen LogP contribution >= 0.6 is 0 Å². The third-order valence-electron chi connectivity index (χ3n) is 5.58. The Kier molecular flexibility index (Phi) is 4.90. The molecule has 0 radical (unpaired) electrons. The molecule has 0 bridgehead atoms. The lowest BCUT2D eigenvalue weighted by Crippen LogP contribution is -2.45. The predicted octanol–water partition coefficient (Wildman–Crippen LogP) is 2.60. The quantitative estimate of drug-likeness (QED) is 0.780. The molecule has 0 unspecified atom stereocenters. The second-order valence-corrected chi connectivity index (χ2v) is 7.08. The summed E-state index contributed by atoms with van der Waals surface area (Å²) < 4.78 is 5.22.